The third-order valence-electron chi connectivity index (χ3n) is 8.61. The van der Waals surface area contributed by atoms with Crippen molar-refractivity contribution in [3.05, 3.63) is 162 Å². The Balaban J connectivity index is 1.31. The Morgan fingerprint density at radius 3 is 1.90 bits per heavy atom. The molecule has 3 heteroatoms. The second kappa shape index (κ2) is 10.0. The lowest BCUT2D eigenvalue weighted by molar-refractivity contribution is 0.0630. The number of anilines is 3. The van der Waals surface area contributed by atoms with E-state index in [2.05, 4.69) is 169 Å². The predicted molar refractivity (Wildman–Crippen MR) is 170 cm³/mol. The van der Waals surface area contributed by atoms with Gasteiger partial charge >= 0.3 is 0 Å². The molecule has 0 unspecified atom stereocenters. The van der Waals surface area contributed by atoms with Crippen molar-refractivity contribution in [2.24, 2.45) is 0 Å². The maximum Gasteiger partial charge on any atom is 0.216 e. The molecule has 1 atom stereocenters. The molecule has 2 heterocycles. The molecule has 7 rings (SSSR count). The number of fused-ring (bicyclic) bond motifs is 2. The first kappa shape index (κ1) is 25.2. The van der Waals surface area contributed by atoms with Crippen LogP contribution in [0, 0.1) is 0 Å². The molecule has 0 bridgehead atoms. The molecule has 41 heavy (non-hydrogen) atoms. The van der Waals surface area contributed by atoms with Gasteiger partial charge in [-0.15, -0.1) is 0 Å². The lowest BCUT2D eigenvalue weighted by Crippen LogP contribution is -2.57. The summed E-state index contributed by atoms with van der Waals surface area (Å²) in [6, 6.07) is 47.3. The van der Waals surface area contributed by atoms with Gasteiger partial charge in [0.15, 0.2) is 0 Å². The van der Waals surface area contributed by atoms with Gasteiger partial charge in [0, 0.05) is 41.8 Å². The molecule has 0 saturated carbocycles. The van der Waals surface area contributed by atoms with Crippen molar-refractivity contribution in [1.29, 1.82) is 0 Å². The van der Waals surface area contributed by atoms with Gasteiger partial charge < -0.3 is 9.64 Å². The van der Waals surface area contributed by atoms with Gasteiger partial charge in [-0.2, -0.15) is 0 Å². The number of ether oxygens (including phenoxy) is 1. The number of rotatable bonds is 6. The average Bonchev–Trinajstić information content (AvgIpc) is 3.20. The van der Waals surface area contributed by atoms with Crippen molar-refractivity contribution in [2.75, 3.05) is 9.80 Å². The first-order valence-corrected chi connectivity index (χ1v) is 14.4. The minimum atomic E-state index is -0.715. The van der Waals surface area contributed by atoms with E-state index in [4.69, 9.17) is 4.74 Å². The smallest absolute Gasteiger partial charge is 0.216 e. The van der Waals surface area contributed by atoms with Crippen molar-refractivity contribution >= 4 is 23.1 Å². The zero-order valence-corrected chi connectivity index (χ0v) is 23.6. The maximum absolute atomic E-state index is 7.25. The summed E-state index contributed by atoms with van der Waals surface area (Å²) in [7, 11) is 0. The second-order valence-corrected chi connectivity index (χ2v) is 11.5. The topological polar surface area (TPSA) is 15.7 Å². The van der Waals surface area contributed by atoms with Crippen LogP contribution in [-0.2, 0) is 18.5 Å². The van der Waals surface area contributed by atoms with Gasteiger partial charge in [-0.05, 0) is 73.0 Å². The molecular formula is C38H34N2O. The highest BCUT2D eigenvalue weighted by Gasteiger charge is 2.59. The Bertz CT molecular complexity index is 1650. The summed E-state index contributed by atoms with van der Waals surface area (Å²) in [5.41, 5.74) is 7.35. The van der Waals surface area contributed by atoms with Crippen LogP contribution >= 0.6 is 0 Å². The highest BCUT2D eigenvalue weighted by Crippen LogP contribution is 2.57. The highest BCUT2D eigenvalue weighted by atomic mass is 16.5. The molecular weight excluding hydrogens is 500 g/mol. The normalized spacial score (nSPS) is 18.0. The van der Waals surface area contributed by atoms with Crippen molar-refractivity contribution < 1.29 is 4.74 Å². The monoisotopic (exact) mass is 534 g/mol. The van der Waals surface area contributed by atoms with Gasteiger partial charge in [0.25, 0.3) is 0 Å². The van der Waals surface area contributed by atoms with Gasteiger partial charge in [0.2, 0.25) is 5.72 Å². The summed E-state index contributed by atoms with van der Waals surface area (Å²) in [5.74, 6) is 0.901. The molecule has 0 fully saturated rings. The van der Waals surface area contributed by atoms with Crippen molar-refractivity contribution in [3.63, 3.8) is 0 Å². The van der Waals surface area contributed by atoms with Crippen molar-refractivity contribution in [2.45, 2.75) is 38.1 Å². The number of nitrogens with zero attached hydrogens (tertiary/aromatic N) is 2. The number of benzene rings is 5. The van der Waals surface area contributed by atoms with E-state index in [1.807, 2.05) is 0 Å². The summed E-state index contributed by atoms with van der Waals surface area (Å²) in [5, 5.41) is 0. The van der Waals surface area contributed by atoms with Crippen molar-refractivity contribution in [1.82, 2.24) is 0 Å². The predicted octanol–water partition coefficient (Wildman–Crippen LogP) is 9.12. The summed E-state index contributed by atoms with van der Waals surface area (Å²) in [6.45, 7) is 6.21. The molecule has 0 radical (unpaired) electrons. The fourth-order valence-electron chi connectivity index (χ4n) is 6.41. The Hall–Kier alpha value is -4.76. The van der Waals surface area contributed by atoms with Crippen LogP contribution in [0.2, 0.25) is 0 Å². The van der Waals surface area contributed by atoms with Gasteiger partial charge in [0.05, 0.1) is 5.41 Å². The molecule has 0 aliphatic carbocycles. The molecule has 0 aromatic heterocycles. The van der Waals surface area contributed by atoms with Gasteiger partial charge in [-0.1, -0.05) is 97.1 Å². The molecule has 202 valence electrons. The third-order valence-corrected chi connectivity index (χ3v) is 8.61. The van der Waals surface area contributed by atoms with E-state index in [-0.39, 0.29) is 5.41 Å². The molecule has 2 aliphatic rings. The Morgan fingerprint density at radius 1 is 0.659 bits per heavy atom. The number of hydrogen-bond donors (Lipinski definition) is 0. The first-order valence-electron chi connectivity index (χ1n) is 14.4. The Labute approximate surface area is 243 Å². The summed E-state index contributed by atoms with van der Waals surface area (Å²) >= 11 is 0. The first-order chi connectivity index (χ1) is 20.0. The molecule has 1 spiro atoms. The van der Waals surface area contributed by atoms with E-state index < -0.39 is 5.72 Å². The summed E-state index contributed by atoms with van der Waals surface area (Å²) in [6.07, 6.45) is 4.50. The zero-order chi connectivity index (χ0) is 27.9. The fourth-order valence-corrected chi connectivity index (χ4v) is 6.41. The lowest BCUT2D eigenvalue weighted by Gasteiger charge is -2.47. The maximum atomic E-state index is 7.25. The molecule has 5 aromatic rings. The van der Waals surface area contributed by atoms with E-state index in [9.17, 15) is 0 Å². The molecule has 5 aromatic carbocycles. The third kappa shape index (κ3) is 4.29. The highest BCUT2D eigenvalue weighted by molar-refractivity contribution is 5.80. The summed E-state index contributed by atoms with van der Waals surface area (Å²) < 4.78 is 7.25. The van der Waals surface area contributed by atoms with E-state index in [0.29, 0.717) is 0 Å². The molecule has 0 saturated heterocycles. The summed E-state index contributed by atoms with van der Waals surface area (Å²) in [4.78, 5) is 4.81. The Kier molecular flexibility index (Phi) is 6.16. The standard InChI is InChI=1S/C38H34N2O/c1-37(2)34-20-12-13-21-35(34)40(32-18-10-5-11-19-32)38(37)25-24-31-22-23-33(26-36(31)41-38)39(27-29-14-6-3-7-15-29)28-30-16-8-4-9-17-30/h3-26H,27-28H2,1-2H3/t38-/m1/s1. The van der Waals surface area contributed by atoms with Gasteiger partial charge in [-0.25, -0.2) is 0 Å². The van der Waals surface area contributed by atoms with Crippen LogP contribution in [0.4, 0.5) is 17.1 Å². The fraction of sp³-hybridized carbons (Fsp3) is 0.158. The van der Waals surface area contributed by atoms with E-state index in [1.165, 1.54) is 22.4 Å². The van der Waals surface area contributed by atoms with Crippen LogP contribution in [0.3, 0.4) is 0 Å². The van der Waals surface area contributed by atoms with Crippen LogP contribution in [0.25, 0.3) is 6.08 Å². The molecule has 3 nitrogen and oxygen atoms in total. The SMILES string of the molecule is CC1(C)c2ccccc2N(c2ccccc2)[C@@]12C=Cc1ccc(N(Cc3ccccc3)Cc3ccccc3)cc1O2. The largest absolute Gasteiger partial charge is 0.462 e. The number of para-hydroxylation sites is 2. The van der Waals surface area contributed by atoms with E-state index in [1.54, 1.807) is 0 Å². The van der Waals surface area contributed by atoms with Crippen LogP contribution < -0.4 is 14.5 Å². The number of hydrogen-bond acceptors (Lipinski definition) is 3. The zero-order valence-electron chi connectivity index (χ0n) is 23.6. The molecule has 2 aliphatic heterocycles. The van der Waals surface area contributed by atoms with Crippen LogP contribution in [0.5, 0.6) is 5.75 Å². The van der Waals surface area contributed by atoms with Crippen LogP contribution in [0.1, 0.15) is 36.1 Å². The van der Waals surface area contributed by atoms with Crippen molar-refractivity contribution in [3.8, 4) is 5.75 Å². The Morgan fingerprint density at radius 2 is 1.24 bits per heavy atom. The van der Waals surface area contributed by atoms with Crippen LogP contribution in [-0.4, -0.2) is 5.72 Å². The molecule has 0 amide bonds. The van der Waals surface area contributed by atoms with E-state index >= 15 is 0 Å². The second-order valence-electron chi connectivity index (χ2n) is 11.5. The van der Waals surface area contributed by atoms with Crippen LogP contribution in [0.15, 0.2) is 140 Å². The minimum Gasteiger partial charge on any atom is -0.462 e. The van der Waals surface area contributed by atoms with Gasteiger partial charge in [-0.3, -0.25) is 4.90 Å². The van der Waals surface area contributed by atoms with Gasteiger partial charge in [0.1, 0.15) is 5.75 Å². The molecule has 0 N–H and O–H groups in total. The minimum absolute atomic E-state index is 0.308. The van der Waals surface area contributed by atoms with E-state index in [0.717, 1.165) is 35.8 Å². The quantitative estimate of drug-likeness (QED) is 0.216. The lowest BCUT2D eigenvalue weighted by atomic mass is 9.76. The average molecular weight is 535 g/mol.